The average molecular weight is 462 g/mol. The van der Waals surface area contributed by atoms with Crippen molar-refractivity contribution in [3.05, 3.63) is 42.0 Å². The number of likely N-dealkylation sites (N-methyl/N-ethyl adjacent to an activating group) is 1. The van der Waals surface area contributed by atoms with Gasteiger partial charge in [0.1, 0.15) is 6.33 Å². The summed E-state index contributed by atoms with van der Waals surface area (Å²) in [5.74, 6) is 1.36. The Bertz CT molecular complexity index is 1340. The second kappa shape index (κ2) is 9.06. The predicted octanol–water partition coefficient (Wildman–Crippen LogP) is 3.38. The molecule has 3 N–H and O–H groups in total. The fourth-order valence-corrected chi connectivity index (χ4v) is 5.06. The number of aromatic amines is 1. The van der Waals surface area contributed by atoms with Crippen molar-refractivity contribution in [3.8, 4) is 17.0 Å². The minimum absolute atomic E-state index is 0.0186. The normalized spacial score (nSPS) is 18.3. The van der Waals surface area contributed by atoms with Crippen molar-refractivity contribution in [2.45, 2.75) is 51.0 Å². The van der Waals surface area contributed by atoms with E-state index in [0.717, 1.165) is 47.2 Å². The molecule has 1 aliphatic carbocycles. The predicted molar refractivity (Wildman–Crippen MR) is 131 cm³/mol. The van der Waals surface area contributed by atoms with Crippen LogP contribution in [0.2, 0.25) is 0 Å². The van der Waals surface area contributed by atoms with Gasteiger partial charge in [0.15, 0.2) is 11.4 Å². The van der Waals surface area contributed by atoms with Gasteiger partial charge in [-0.2, -0.15) is 5.10 Å². The van der Waals surface area contributed by atoms with Gasteiger partial charge in [-0.3, -0.25) is 9.78 Å². The van der Waals surface area contributed by atoms with Crippen LogP contribution in [0.25, 0.3) is 27.9 Å². The summed E-state index contributed by atoms with van der Waals surface area (Å²) in [6.45, 7) is 4.75. The SMILES string of the molecule is CNC(=O)CNC1CCC(c2ccc3[nH]c(-c4cc(OC)c5ncnn5c4)c(C(C)C)c3n2)C1. The summed E-state index contributed by atoms with van der Waals surface area (Å²) in [7, 11) is 3.31. The number of methoxy groups -OCH3 is 1. The number of fused-ring (bicyclic) bond motifs is 2. The number of nitrogens with zero attached hydrogens (tertiary/aromatic N) is 4. The number of hydrogen-bond donors (Lipinski definition) is 3. The van der Waals surface area contributed by atoms with Crippen LogP contribution in [0.5, 0.6) is 5.75 Å². The maximum absolute atomic E-state index is 11.6. The molecule has 1 saturated carbocycles. The Morgan fingerprint density at radius 2 is 2.18 bits per heavy atom. The zero-order chi connectivity index (χ0) is 23.8. The molecule has 0 aromatic carbocycles. The Labute approximate surface area is 198 Å². The molecule has 9 nitrogen and oxygen atoms in total. The van der Waals surface area contributed by atoms with Crippen LogP contribution in [0, 0.1) is 0 Å². The van der Waals surface area contributed by atoms with Gasteiger partial charge in [0.05, 0.1) is 30.4 Å². The summed E-state index contributed by atoms with van der Waals surface area (Å²) < 4.78 is 7.32. The molecule has 0 saturated heterocycles. The summed E-state index contributed by atoms with van der Waals surface area (Å²) in [6.07, 6.45) is 6.61. The molecule has 4 aromatic heterocycles. The van der Waals surface area contributed by atoms with Gasteiger partial charge in [-0.15, -0.1) is 0 Å². The first kappa shape index (κ1) is 22.3. The number of ether oxygens (including phenoxy) is 1. The third kappa shape index (κ3) is 4.00. The van der Waals surface area contributed by atoms with Crippen molar-refractivity contribution in [2.75, 3.05) is 20.7 Å². The van der Waals surface area contributed by atoms with E-state index in [1.54, 1.807) is 18.7 Å². The molecule has 2 unspecified atom stereocenters. The molecule has 4 aromatic rings. The van der Waals surface area contributed by atoms with Gasteiger partial charge < -0.3 is 20.4 Å². The first-order valence-corrected chi connectivity index (χ1v) is 11.8. The lowest BCUT2D eigenvalue weighted by molar-refractivity contribution is -0.119. The van der Waals surface area contributed by atoms with E-state index in [4.69, 9.17) is 9.72 Å². The average Bonchev–Trinajstić information content (AvgIpc) is 3.58. The Balaban J connectivity index is 1.49. The monoisotopic (exact) mass is 461 g/mol. The highest BCUT2D eigenvalue weighted by molar-refractivity contribution is 5.89. The number of hydrogen-bond acceptors (Lipinski definition) is 6. The minimum atomic E-state index is 0.0186. The van der Waals surface area contributed by atoms with Crippen LogP contribution < -0.4 is 15.4 Å². The van der Waals surface area contributed by atoms with Crippen molar-refractivity contribution >= 4 is 22.6 Å². The fraction of sp³-hybridized carbons (Fsp3) is 0.440. The standard InChI is InChI=1S/C25H31N7O2/c1-14(2)22-23(16-10-20(34-4)25-28-13-29-32(25)12-16)31-19-8-7-18(30-24(19)22)15-5-6-17(9-15)27-11-21(33)26-3/h7-8,10,12-15,17,27,31H,5-6,9,11H2,1-4H3,(H,26,33). The molecule has 0 bridgehead atoms. The lowest BCUT2D eigenvalue weighted by atomic mass is 9.97. The number of amides is 1. The molecule has 0 spiro atoms. The number of pyridine rings is 2. The lowest BCUT2D eigenvalue weighted by Gasteiger charge is -2.13. The Hall–Kier alpha value is -3.46. The van der Waals surface area contributed by atoms with E-state index in [9.17, 15) is 4.79 Å². The topological polar surface area (TPSA) is 109 Å². The smallest absolute Gasteiger partial charge is 0.233 e. The number of H-pyrrole nitrogens is 1. The summed E-state index contributed by atoms with van der Waals surface area (Å²) in [6, 6.07) is 6.62. The van der Waals surface area contributed by atoms with Crippen molar-refractivity contribution in [1.82, 2.24) is 35.2 Å². The highest BCUT2D eigenvalue weighted by Gasteiger charge is 2.28. The Morgan fingerprint density at radius 1 is 1.32 bits per heavy atom. The van der Waals surface area contributed by atoms with E-state index < -0.39 is 0 Å². The number of aromatic nitrogens is 5. The van der Waals surface area contributed by atoms with Crippen LogP contribution in [0.15, 0.2) is 30.7 Å². The maximum atomic E-state index is 11.6. The highest BCUT2D eigenvalue weighted by Crippen LogP contribution is 2.39. The molecule has 0 radical (unpaired) electrons. The minimum Gasteiger partial charge on any atom is -0.493 e. The van der Waals surface area contributed by atoms with Crippen molar-refractivity contribution < 1.29 is 9.53 Å². The van der Waals surface area contributed by atoms with Gasteiger partial charge in [-0.25, -0.2) is 9.50 Å². The molecular formula is C25H31N7O2. The van der Waals surface area contributed by atoms with E-state index in [2.05, 4.69) is 51.7 Å². The van der Waals surface area contributed by atoms with Crippen LogP contribution >= 0.6 is 0 Å². The van der Waals surface area contributed by atoms with E-state index in [0.29, 0.717) is 29.9 Å². The van der Waals surface area contributed by atoms with Gasteiger partial charge in [-0.05, 0) is 43.4 Å². The Morgan fingerprint density at radius 3 is 2.94 bits per heavy atom. The molecule has 9 heteroatoms. The summed E-state index contributed by atoms with van der Waals surface area (Å²) in [5, 5.41) is 10.4. The van der Waals surface area contributed by atoms with Crippen LogP contribution in [0.3, 0.4) is 0 Å². The maximum Gasteiger partial charge on any atom is 0.233 e. The second-order valence-corrected chi connectivity index (χ2v) is 9.29. The van der Waals surface area contributed by atoms with E-state index in [-0.39, 0.29) is 11.8 Å². The molecule has 34 heavy (non-hydrogen) atoms. The van der Waals surface area contributed by atoms with Crippen molar-refractivity contribution in [1.29, 1.82) is 0 Å². The molecule has 2 atom stereocenters. The molecule has 178 valence electrons. The van der Waals surface area contributed by atoms with Crippen LogP contribution in [0.4, 0.5) is 0 Å². The molecule has 1 aliphatic rings. The van der Waals surface area contributed by atoms with Gasteiger partial charge >= 0.3 is 0 Å². The van der Waals surface area contributed by atoms with Crippen LogP contribution in [-0.4, -0.2) is 57.2 Å². The number of carbonyl (C=O) groups excluding carboxylic acids is 1. The number of carbonyl (C=O) groups is 1. The highest BCUT2D eigenvalue weighted by atomic mass is 16.5. The zero-order valence-electron chi connectivity index (χ0n) is 20.1. The first-order chi connectivity index (χ1) is 16.5. The molecule has 5 rings (SSSR count). The summed E-state index contributed by atoms with van der Waals surface area (Å²) in [4.78, 5) is 24.6. The zero-order valence-corrected chi connectivity index (χ0v) is 20.1. The molecule has 1 fully saturated rings. The quantitative estimate of drug-likeness (QED) is 0.389. The third-order valence-electron chi connectivity index (χ3n) is 6.81. The molecule has 4 heterocycles. The van der Waals surface area contributed by atoms with Gasteiger partial charge in [-0.1, -0.05) is 13.8 Å². The van der Waals surface area contributed by atoms with E-state index in [1.165, 1.54) is 11.9 Å². The van der Waals surface area contributed by atoms with Crippen molar-refractivity contribution in [3.63, 3.8) is 0 Å². The van der Waals surface area contributed by atoms with Gasteiger partial charge in [0.2, 0.25) is 5.91 Å². The van der Waals surface area contributed by atoms with Gasteiger partial charge in [0, 0.05) is 42.0 Å². The summed E-state index contributed by atoms with van der Waals surface area (Å²) in [5.41, 5.74) is 7.04. The first-order valence-electron chi connectivity index (χ1n) is 11.8. The fourth-order valence-electron chi connectivity index (χ4n) is 5.06. The lowest BCUT2D eigenvalue weighted by Crippen LogP contribution is -2.36. The van der Waals surface area contributed by atoms with Crippen LogP contribution in [-0.2, 0) is 4.79 Å². The van der Waals surface area contributed by atoms with Crippen LogP contribution in [0.1, 0.15) is 56.2 Å². The second-order valence-electron chi connectivity index (χ2n) is 9.29. The summed E-state index contributed by atoms with van der Waals surface area (Å²) >= 11 is 0. The third-order valence-corrected chi connectivity index (χ3v) is 6.81. The van der Waals surface area contributed by atoms with E-state index >= 15 is 0 Å². The van der Waals surface area contributed by atoms with E-state index in [1.807, 2.05) is 12.3 Å². The van der Waals surface area contributed by atoms with Crippen molar-refractivity contribution in [2.24, 2.45) is 0 Å². The van der Waals surface area contributed by atoms with Gasteiger partial charge in [0.25, 0.3) is 0 Å². The number of nitrogens with one attached hydrogen (secondary N) is 3. The number of rotatable bonds is 7. The Kier molecular flexibility index (Phi) is 5.95. The molecular weight excluding hydrogens is 430 g/mol. The molecule has 1 amide bonds. The molecule has 0 aliphatic heterocycles. The largest absolute Gasteiger partial charge is 0.493 e.